The number of carbonyl (C=O) groups excluding carboxylic acids is 2. The highest BCUT2D eigenvalue weighted by molar-refractivity contribution is 8.00. The van der Waals surface area contributed by atoms with Crippen LogP contribution in [0.3, 0.4) is 0 Å². The highest BCUT2D eigenvalue weighted by Crippen LogP contribution is 2.23. The van der Waals surface area contributed by atoms with E-state index >= 15 is 0 Å². The summed E-state index contributed by atoms with van der Waals surface area (Å²) in [4.78, 5) is 23.6. The first-order valence-electron chi connectivity index (χ1n) is 5.29. The SMILES string of the molecule is CNC(=O)NC(=O)[C@H](C)Sc1cccc(C)c1. The molecule has 0 aliphatic heterocycles. The van der Waals surface area contributed by atoms with E-state index in [9.17, 15) is 9.59 Å². The van der Waals surface area contributed by atoms with Crippen LogP contribution in [0.5, 0.6) is 0 Å². The lowest BCUT2D eigenvalue weighted by Gasteiger charge is -2.11. The summed E-state index contributed by atoms with van der Waals surface area (Å²) in [5.74, 6) is -0.296. The van der Waals surface area contributed by atoms with E-state index in [4.69, 9.17) is 0 Å². The molecule has 0 fully saturated rings. The summed E-state index contributed by atoms with van der Waals surface area (Å²) < 4.78 is 0. The van der Waals surface area contributed by atoms with Crippen molar-refractivity contribution in [3.8, 4) is 0 Å². The van der Waals surface area contributed by atoms with E-state index in [0.717, 1.165) is 10.5 Å². The van der Waals surface area contributed by atoms with Gasteiger partial charge < -0.3 is 5.32 Å². The third-order valence-corrected chi connectivity index (χ3v) is 3.23. The highest BCUT2D eigenvalue weighted by atomic mass is 32.2. The predicted octanol–water partition coefficient (Wildman–Crippen LogP) is 1.93. The Labute approximate surface area is 105 Å². The third kappa shape index (κ3) is 4.48. The maximum atomic E-state index is 11.6. The number of urea groups is 1. The molecule has 0 saturated heterocycles. The molecule has 3 amide bonds. The van der Waals surface area contributed by atoms with Gasteiger partial charge in [0.25, 0.3) is 0 Å². The number of hydrogen-bond donors (Lipinski definition) is 2. The van der Waals surface area contributed by atoms with Gasteiger partial charge >= 0.3 is 6.03 Å². The second-order valence-electron chi connectivity index (χ2n) is 3.64. The summed E-state index contributed by atoms with van der Waals surface area (Å²) in [5.41, 5.74) is 1.15. The molecule has 0 unspecified atom stereocenters. The summed E-state index contributed by atoms with van der Waals surface area (Å²) in [5, 5.41) is 4.29. The molecule has 0 spiro atoms. The number of hydrogen-bond acceptors (Lipinski definition) is 3. The fourth-order valence-corrected chi connectivity index (χ4v) is 2.21. The molecule has 1 aromatic rings. The van der Waals surface area contributed by atoms with Crippen LogP contribution in [0.25, 0.3) is 0 Å². The number of benzene rings is 1. The number of aryl methyl sites for hydroxylation is 1. The molecule has 1 rings (SSSR count). The maximum absolute atomic E-state index is 11.6. The number of rotatable bonds is 3. The maximum Gasteiger partial charge on any atom is 0.321 e. The van der Waals surface area contributed by atoms with Gasteiger partial charge in [0.1, 0.15) is 0 Å². The van der Waals surface area contributed by atoms with Crippen molar-refractivity contribution in [3.63, 3.8) is 0 Å². The standard InChI is InChI=1S/C12H16N2O2S/c1-8-5-4-6-10(7-8)17-9(2)11(15)14-12(16)13-3/h4-7,9H,1-3H3,(H2,13,14,15,16)/t9-/m0/s1. The van der Waals surface area contributed by atoms with Gasteiger partial charge in [0.2, 0.25) is 5.91 Å². The zero-order valence-corrected chi connectivity index (χ0v) is 10.9. The molecule has 4 nitrogen and oxygen atoms in total. The van der Waals surface area contributed by atoms with Gasteiger partial charge in [-0.25, -0.2) is 4.79 Å². The Hall–Kier alpha value is -1.49. The van der Waals surface area contributed by atoms with E-state index in [1.54, 1.807) is 6.92 Å². The van der Waals surface area contributed by atoms with Crippen LogP contribution >= 0.6 is 11.8 Å². The lowest BCUT2D eigenvalue weighted by Crippen LogP contribution is -2.41. The summed E-state index contributed by atoms with van der Waals surface area (Å²) in [6, 6.07) is 7.42. The molecule has 92 valence electrons. The molecule has 0 heterocycles. The van der Waals surface area contributed by atoms with Crippen LogP contribution in [0.15, 0.2) is 29.2 Å². The Morgan fingerprint density at radius 2 is 2.06 bits per heavy atom. The molecule has 17 heavy (non-hydrogen) atoms. The zero-order valence-electron chi connectivity index (χ0n) is 10.1. The van der Waals surface area contributed by atoms with E-state index in [0.29, 0.717) is 0 Å². The van der Waals surface area contributed by atoms with Gasteiger partial charge in [-0.1, -0.05) is 17.7 Å². The molecule has 0 aliphatic carbocycles. The molecule has 0 bridgehead atoms. The summed E-state index contributed by atoms with van der Waals surface area (Å²) in [7, 11) is 1.47. The first-order chi connectivity index (χ1) is 8.02. The first kappa shape index (κ1) is 13.6. The Bertz CT molecular complexity index is 421. The fourth-order valence-electron chi connectivity index (χ4n) is 1.22. The van der Waals surface area contributed by atoms with Crippen molar-refractivity contribution in [1.82, 2.24) is 10.6 Å². The second-order valence-corrected chi connectivity index (χ2v) is 5.06. The second kappa shape index (κ2) is 6.30. The molecule has 5 heteroatoms. The Morgan fingerprint density at radius 1 is 1.35 bits per heavy atom. The third-order valence-electron chi connectivity index (χ3n) is 2.14. The Balaban J connectivity index is 2.57. The van der Waals surface area contributed by atoms with Gasteiger partial charge in [0, 0.05) is 11.9 Å². The Kier molecular flexibility index (Phi) is 5.03. The van der Waals surface area contributed by atoms with Crippen molar-refractivity contribution in [3.05, 3.63) is 29.8 Å². The van der Waals surface area contributed by atoms with Crippen LogP contribution < -0.4 is 10.6 Å². The molecular weight excluding hydrogens is 236 g/mol. The minimum Gasteiger partial charge on any atom is -0.341 e. The van der Waals surface area contributed by atoms with Crippen LogP contribution in [0, 0.1) is 6.92 Å². The average molecular weight is 252 g/mol. The van der Waals surface area contributed by atoms with Crippen molar-refractivity contribution in [1.29, 1.82) is 0 Å². The van der Waals surface area contributed by atoms with Gasteiger partial charge in [0.05, 0.1) is 5.25 Å². The molecule has 1 atom stereocenters. The number of thioether (sulfide) groups is 1. The number of nitrogens with one attached hydrogen (secondary N) is 2. The molecule has 0 aliphatic rings. The first-order valence-corrected chi connectivity index (χ1v) is 6.17. The monoisotopic (exact) mass is 252 g/mol. The van der Waals surface area contributed by atoms with Crippen molar-refractivity contribution in [2.75, 3.05) is 7.05 Å². The Morgan fingerprint density at radius 3 is 2.65 bits per heavy atom. The van der Waals surface area contributed by atoms with Crippen molar-refractivity contribution >= 4 is 23.7 Å². The van der Waals surface area contributed by atoms with Crippen LogP contribution in [0.2, 0.25) is 0 Å². The van der Waals surface area contributed by atoms with E-state index in [-0.39, 0.29) is 11.2 Å². The lowest BCUT2D eigenvalue weighted by molar-refractivity contribution is -0.119. The largest absolute Gasteiger partial charge is 0.341 e. The van der Waals surface area contributed by atoms with Gasteiger partial charge in [0.15, 0.2) is 0 Å². The van der Waals surface area contributed by atoms with Crippen LogP contribution in [0.1, 0.15) is 12.5 Å². The van der Waals surface area contributed by atoms with E-state index < -0.39 is 6.03 Å². The van der Waals surface area contributed by atoms with Crippen LogP contribution in [0.4, 0.5) is 4.79 Å². The van der Waals surface area contributed by atoms with Gasteiger partial charge in [-0.15, -0.1) is 11.8 Å². The fraction of sp³-hybridized carbons (Fsp3) is 0.333. The number of imide groups is 1. The number of amides is 3. The normalized spacial score (nSPS) is 11.7. The zero-order chi connectivity index (χ0) is 12.8. The minimum absolute atomic E-state index is 0.296. The molecule has 1 aromatic carbocycles. The molecule has 0 saturated carbocycles. The molecular formula is C12H16N2O2S. The van der Waals surface area contributed by atoms with Gasteiger partial charge in [-0.3, -0.25) is 10.1 Å². The molecule has 0 radical (unpaired) electrons. The van der Waals surface area contributed by atoms with Crippen molar-refractivity contribution in [2.45, 2.75) is 24.0 Å². The summed E-state index contributed by atoms with van der Waals surface area (Å²) in [6.45, 7) is 3.77. The van der Waals surface area contributed by atoms with Crippen molar-refractivity contribution in [2.24, 2.45) is 0 Å². The quantitative estimate of drug-likeness (QED) is 0.808. The van der Waals surface area contributed by atoms with Crippen LogP contribution in [-0.4, -0.2) is 24.2 Å². The van der Waals surface area contributed by atoms with Gasteiger partial charge in [-0.05, 0) is 26.0 Å². The van der Waals surface area contributed by atoms with Gasteiger partial charge in [-0.2, -0.15) is 0 Å². The lowest BCUT2D eigenvalue weighted by atomic mass is 10.2. The van der Waals surface area contributed by atoms with Crippen LogP contribution in [-0.2, 0) is 4.79 Å². The number of carbonyl (C=O) groups is 2. The smallest absolute Gasteiger partial charge is 0.321 e. The van der Waals surface area contributed by atoms with E-state index in [2.05, 4.69) is 10.6 Å². The molecule has 0 aromatic heterocycles. The molecule has 2 N–H and O–H groups in total. The predicted molar refractivity (Wildman–Crippen MR) is 69.1 cm³/mol. The van der Waals surface area contributed by atoms with Crippen molar-refractivity contribution < 1.29 is 9.59 Å². The minimum atomic E-state index is -0.480. The van der Waals surface area contributed by atoms with E-state index in [1.807, 2.05) is 31.2 Å². The topological polar surface area (TPSA) is 58.2 Å². The highest BCUT2D eigenvalue weighted by Gasteiger charge is 2.16. The summed E-state index contributed by atoms with van der Waals surface area (Å²) >= 11 is 1.43. The average Bonchev–Trinajstić information content (AvgIpc) is 2.28. The van der Waals surface area contributed by atoms with E-state index in [1.165, 1.54) is 18.8 Å². The summed E-state index contributed by atoms with van der Waals surface area (Å²) in [6.07, 6.45) is 0.